The molecule has 22 heteroatoms. The van der Waals surface area contributed by atoms with E-state index in [-0.39, 0.29) is 12.7 Å². The molecule has 0 heterocycles. The number of carbonyl (C=O) groups excluding carboxylic acids is 1. The number of benzene rings is 15. The summed E-state index contributed by atoms with van der Waals surface area (Å²) in [4.78, 5) is 13.8. The zero-order valence-electron chi connectivity index (χ0n) is 76.4. The maximum atomic E-state index is 13.8. The molecule has 0 unspecified atom stereocenters. The molecule has 0 amide bonds. The van der Waals surface area contributed by atoms with Crippen LogP contribution in [0.3, 0.4) is 0 Å². The molecule has 15 aromatic rings. The van der Waals surface area contributed by atoms with Crippen molar-refractivity contribution in [3.05, 3.63) is 467 Å². The van der Waals surface area contributed by atoms with Gasteiger partial charge in [0.15, 0.2) is 25.0 Å². The van der Waals surface area contributed by atoms with Crippen LogP contribution in [-0.2, 0) is 42.5 Å². The molecule has 0 atom stereocenters. The van der Waals surface area contributed by atoms with Gasteiger partial charge in [-0.3, -0.25) is 0 Å². The van der Waals surface area contributed by atoms with Gasteiger partial charge >= 0.3 is 23.6 Å². The molecule has 15 aromatic carbocycles. The van der Waals surface area contributed by atoms with E-state index in [9.17, 15) is 17.1 Å². The van der Waals surface area contributed by atoms with Gasteiger partial charge in [-0.05, 0) is 161 Å². The lowest BCUT2D eigenvalue weighted by Gasteiger charge is -2.50. The molecule has 15 rings (SSSR count). The average Bonchev–Trinajstić information content (AvgIpc) is 0.705. The lowest BCUT2D eigenvalue weighted by atomic mass is 10.3. The second kappa shape index (κ2) is 44.1. The highest BCUT2D eigenvalue weighted by atomic mass is 28.5. The zero-order valence-corrected chi connectivity index (χ0v) is 89.2. The van der Waals surface area contributed by atoms with E-state index in [0.717, 1.165) is 70.9 Å². The van der Waals surface area contributed by atoms with Gasteiger partial charge in [0.05, 0.1) is 6.61 Å². The molecule has 0 fully saturated rings. The molecule has 0 radical (unpaired) electrons. The topological polar surface area (TPSA) is 100 Å². The Morgan fingerprint density at radius 1 is 0.229 bits per heavy atom. The molecule has 0 aliphatic rings. The van der Waals surface area contributed by atoms with Crippen LogP contribution in [0.5, 0.6) is 0 Å². The summed E-state index contributed by atoms with van der Waals surface area (Å²) in [7, 11) is -39.4. The molecule has 10 nitrogen and oxygen atoms in total. The van der Waals surface area contributed by atoms with Crippen LogP contribution in [0, 0.1) is 0 Å². The third-order valence-electron chi connectivity index (χ3n) is 24.7. The second-order valence-corrected chi connectivity index (χ2v) is 76.3. The van der Waals surface area contributed by atoms with Crippen molar-refractivity contribution in [3.8, 4) is 0 Å². The smallest absolute Gasteiger partial charge is 0.462 e. The van der Waals surface area contributed by atoms with E-state index in [4.69, 9.17) is 25.3 Å². The Labute approximate surface area is 792 Å². The molecule has 0 bridgehead atoms. The van der Waals surface area contributed by atoms with E-state index in [0.29, 0.717) is 24.1 Å². The Balaban J connectivity index is 0.928. The first-order chi connectivity index (χ1) is 63.8. The average molecular weight is 1930 g/mol. The summed E-state index contributed by atoms with van der Waals surface area (Å²) < 4.78 is 76.4. The molecule has 131 heavy (non-hydrogen) atoms. The lowest BCUT2D eigenvalue weighted by molar-refractivity contribution is -0.139. The third kappa shape index (κ3) is 22.3. The summed E-state index contributed by atoms with van der Waals surface area (Å²) in [5.74, 6) is -0.443. The quantitative estimate of drug-likeness (QED) is 0.0121. The first-order valence-electron chi connectivity index (χ1n) is 45.9. The summed E-state index contributed by atoms with van der Waals surface area (Å²) in [6, 6.07) is 168. The van der Waals surface area contributed by atoms with Gasteiger partial charge in [-0.15, -0.1) is 0 Å². The molecule has 0 N–H and O–H groups in total. The maximum absolute atomic E-state index is 13.8. The fourth-order valence-corrected chi connectivity index (χ4v) is 80.2. The van der Waals surface area contributed by atoms with Gasteiger partial charge in [-0.2, -0.15) is 0 Å². The monoisotopic (exact) mass is 1920 g/mol. The van der Waals surface area contributed by atoms with Gasteiger partial charge in [0.2, 0.25) is 0 Å². The summed E-state index contributed by atoms with van der Waals surface area (Å²) in [5, 5.41) is 16.6. The minimum atomic E-state index is -4.89. The maximum Gasteiger partial charge on any atom is 0.471 e. The predicted molar refractivity (Wildman–Crippen MR) is 574 cm³/mol. The number of hydrogen-bond acceptors (Lipinski definition) is 10. The van der Waals surface area contributed by atoms with E-state index in [1.807, 2.05) is 0 Å². The van der Waals surface area contributed by atoms with Crippen LogP contribution in [0.25, 0.3) is 0 Å². The van der Waals surface area contributed by atoms with Gasteiger partial charge in [0, 0.05) is 17.7 Å². The van der Waals surface area contributed by atoms with Crippen molar-refractivity contribution in [1.82, 2.24) is 0 Å². The van der Waals surface area contributed by atoms with Crippen LogP contribution in [-0.4, -0.2) is 116 Å². The molecular weight excluding hydrogens is 1810 g/mol. The molecule has 664 valence electrons. The largest absolute Gasteiger partial charge is 0.471 e. The highest BCUT2D eigenvalue weighted by molar-refractivity contribution is 7.17. The molecule has 0 aliphatic heterocycles. The summed E-state index contributed by atoms with van der Waals surface area (Å²) in [5.41, 5.74) is 0.333. The van der Waals surface area contributed by atoms with Gasteiger partial charge in [-0.1, -0.05) is 462 Å². The molecule has 0 saturated carbocycles. The molecule has 0 spiro atoms. The first kappa shape index (κ1) is 95.4. The van der Waals surface area contributed by atoms with Crippen LogP contribution in [0.15, 0.2) is 467 Å². The Hall–Kier alpha value is -10.2. The van der Waals surface area contributed by atoms with E-state index in [1.54, 1.807) is 6.92 Å². The number of carbonyl (C=O) groups is 1. The number of hydrogen-bond donors (Lipinski definition) is 0. The van der Waals surface area contributed by atoms with Gasteiger partial charge in [-0.25, -0.2) is 4.79 Å². The first-order valence-corrected chi connectivity index (χ1v) is 71.8. The van der Waals surface area contributed by atoms with Gasteiger partial charge < -0.3 is 37.7 Å². The fraction of sp³-hybridized carbons (Fsp3) is 0.147. The molecule has 0 aromatic heterocycles. The Morgan fingerprint density at radius 3 is 0.580 bits per heavy atom. The van der Waals surface area contributed by atoms with Crippen molar-refractivity contribution in [2.24, 2.45) is 0 Å². The van der Waals surface area contributed by atoms with Gasteiger partial charge in [0.1, 0.15) is 19.5 Å². The minimum absolute atomic E-state index is 0.105. The zero-order chi connectivity index (χ0) is 91.0. The number of rotatable bonds is 45. The highest BCUT2D eigenvalue weighted by Crippen LogP contribution is 2.39. The van der Waals surface area contributed by atoms with Crippen molar-refractivity contribution in [2.75, 3.05) is 6.61 Å². The van der Waals surface area contributed by atoms with Gasteiger partial charge in [0.25, 0.3) is 41.6 Å². The lowest BCUT2D eigenvalue weighted by Crippen LogP contribution is -2.82. The molecular formula is C109H120O10Si12. The van der Waals surface area contributed by atoms with Crippen molar-refractivity contribution in [1.29, 1.82) is 0 Å². The molecule has 0 aliphatic carbocycles. The fourth-order valence-electron chi connectivity index (χ4n) is 18.6. The van der Waals surface area contributed by atoms with Crippen molar-refractivity contribution < 1.29 is 42.5 Å². The number of ether oxygens (including phenoxy) is 1. The third-order valence-corrected chi connectivity index (χ3v) is 74.3. The predicted octanol–water partition coefficient (Wildman–Crippen LogP) is 14.5. The number of esters is 1. The van der Waals surface area contributed by atoms with Crippen molar-refractivity contribution in [2.45, 2.75) is 94.9 Å². The van der Waals surface area contributed by atoms with Crippen LogP contribution >= 0.6 is 0 Å². The normalized spacial score (nSPS) is 13.1. The standard InChI is InChI=1S/C109H120O10Si12/c1-93(2)109(110)111-85-54-88-125(114-122(3,4)89-86-120-112-127(94-55-24-9-25-56-94,95-57-26-10-27-58-95)96-59-28-11-29-60-96,115-123(5,6)90-87-121-113-128(97-61-30-12-31-62-97,98-63-32-13-33-64-98)99-65-34-14-35-66-99)116-124(7,8)91-92-126(117-129(100-67-36-15-37-68-100,101-69-38-16-39-70-101)102-71-40-17-41-72-102,118-130(103-73-42-18-43-74-103,104-75-44-19-45-76-104)105-77-46-20-47-78-105)119-131(106-79-48-21-49-80-106,107-81-50-22-51-82-107)108-83-52-23-53-84-108/h9-53,55-84H,1,54,85-92,120-121H2,2-8H3. The molecule has 0 saturated heterocycles. The Bertz CT molecular complexity index is 5080. The minimum Gasteiger partial charge on any atom is -0.462 e. The summed E-state index contributed by atoms with van der Waals surface area (Å²) in [6.45, 7) is 20.1. The summed E-state index contributed by atoms with van der Waals surface area (Å²) in [6.07, 6.45) is 0.408. The van der Waals surface area contributed by atoms with E-state index < -0.39 is 110 Å². The van der Waals surface area contributed by atoms with Crippen LogP contribution in [0.2, 0.25) is 81.6 Å². The summed E-state index contributed by atoms with van der Waals surface area (Å²) >= 11 is 0. The van der Waals surface area contributed by atoms with Crippen LogP contribution in [0.4, 0.5) is 0 Å². The Kier molecular flexibility index (Phi) is 32.1. The van der Waals surface area contributed by atoms with Crippen molar-refractivity contribution >= 4 is 187 Å². The van der Waals surface area contributed by atoms with Crippen LogP contribution < -0.4 is 77.8 Å². The van der Waals surface area contributed by atoms with E-state index in [1.165, 1.54) is 31.1 Å². The Morgan fingerprint density at radius 2 is 0.397 bits per heavy atom. The van der Waals surface area contributed by atoms with E-state index >= 15 is 0 Å². The SMILES string of the molecule is C=C(C)C(=O)OCCC[Si](O[Si](C)(C)CC[SiH2]O[Si](c1ccccc1)(c1ccccc1)c1ccccc1)(O[Si](C)(C)CC[SiH2]O[Si](c1ccccc1)(c1ccccc1)c1ccccc1)O[Si](C)(C)CC[Si](O[Si](c1ccccc1)(c1ccccc1)c1ccccc1)(O[Si](c1ccccc1)(c1ccccc1)c1ccccc1)O[Si](c1ccccc1)(c1ccccc1)c1ccccc1. The highest BCUT2D eigenvalue weighted by Gasteiger charge is 2.64. The van der Waals surface area contributed by atoms with Crippen molar-refractivity contribution in [3.63, 3.8) is 0 Å². The van der Waals surface area contributed by atoms with E-state index in [2.05, 4.69) is 501 Å². The second-order valence-electron chi connectivity index (χ2n) is 35.6. The van der Waals surface area contributed by atoms with Crippen LogP contribution in [0.1, 0.15) is 13.3 Å².